The minimum atomic E-state index is 0.00710. The Hall–Kier alpha value is -2.49. The molecular formula is C20H26N2O2. The summed E-state index contributed by atoms with van der Waals surface area (Å²) in [6.45, 7) is 8.31. The van der Waals surface area contributed by atoms with Gasteiger partial charge in [0, 0.05) is 12.2 Å². The van der Waals surface area contributed by atoms with Crippen LogP contribution in [0.4, 0.5) is 5.69 Å². The Morgan fingerprint density at radius 1 is 1.08 bits per heavy atom. The molecule has 1 N–H and O–H groups in total. The van der Waals surface area contributed by atoms with E-state index in [-0.39, 0.29) is 5.91 Å². The van der Waals surface area contributed by atoms with Crippen molar-refractivity contribution < 1.29 is 9.53 Å². The standard InChI is InChI=1S/C20H26N2O2/c1-4-22(18-13-16(2)12-17(3)14-18)15-20(23)21-10-11-24-19-8-6-5-7-9-19/h5-9,12-14H,4,10-11,15H2,1-3H3,(H,21,23). The normalized spacial score (nSPS) is 10.3. The van der Waals surface area contributed by atoms with E-state index >= 15 is 0 Å². The molecule has 0 heterocycles. The molecular weight excluding hydrogens is 300 g/mol. The summed E-state index contributed by atoms with van der Waals surface area (Å²) in [6.07, 6.45) is 0. The molecule has 2 aromatic carbocycles. The zero-order chi connectivity index (χ0) is 17.4. The van der Waals surface area contributed by atoms with Crippen LogP contribution in [-0.2, 0) is 4.79 Å². The van der Waals surface area contributed by atoms with Crippen molar-refractivity contribution in [2.45, 2.75) is 20.8 Å². The lowest BCUT2D eigenvalue weighted by atomic mass is 10.1. The van der Waals surface area contributed by atoms with Crippen LogP contribution < -0.4 is 15.0 Å². The van der Waals surface area contributed by atoms with Crippen molar-refractivity contribution in [2.75, 3.05) is 31.1 Å². The summed E-state index contributed by atoms with van der Waals surface area (Å²) in [5.41, 5.74) is 3.51. The molecule has 0 aliphatic rings. The van der Waals surface area contributed by atoms with Gasteiger partial charge in [-0.25, -0.2) is 0 Å². The number of hydrogen-bond donors (Lipinski definition) is 1. The molecule has 0 bridgehead atoms. The summed E-state index contributed by atoms with van der Waals surface area (Å²) in [6, 6.07) is 16.0. The van der Waals surface area contributed by atoms with E-state index in [1.54, 1.807) is 0 Å². The van der Waals surface area contributed by atoms with Gasteiger partial charge < -0.3 is 15.0 Å². The van der Waals surface area contributed by atoms with Crippen LogP contribution in [0.5, 0.6) is 5.75 Å². The van der Waals surface area contributed by atoms with Gasteiger partial charge in [-0.2, -0.15) is 0 Å². The highest BCUT2D eigenvalue weighted by Gasteiger charge is 2.10. The van der Waals surface area contributed by atoms with Crippen LogP contribution >= 0.6 is 0 Å². The van der Waals surface area contributed by atoms with Crippen LogP contribution in [0.2, 0.25) is 0 Å². The SMILES string of the molecule is CCN(CC(=O)NCCOc1ccccc1)c1cc(C)cc(C)c1. The molecule has 24 heavy (non-hydrogen) atoms. The van der Waals surface area contributed by atoms with E-state index in [1.165, 1.54) is 11.1 Å². The van der Waals surface area contributed by atoms with Gasteiger partial charge in [0.15, 0.2) is 0 Å². The average molecular weight is 326 g/mol. The van der Waals surface area contributed by atoms with E-state index < -0.39 is 0 Å². The number of nitrogens with one attached hydrogen (secondary N) is 1. The molecule has 0 atom stereocenters. The van der Waals surface area contributed by atoms with Crippen molar-refractivity contribution in [1.82, 2.24) is 5.32 Å². The molecule has 0 radical (unpaired) electrons. The molecule has 0 saturated carbocycles. The number of carbonyl (C=O) groups is 1. The molecule has 0 saturated heterocycles. The molecule has 2 rings (SSSR count). The van der Waals surface area contributed by atoms with Crippen LogP contribution in [-0.4, -0.2) is 32.1 Å². The van der Waals surface area contributed by atoms with Gasteiger partial charge in [0.25, 0.3) is 0 Å². The molecule has 4 nitrogen and oxygen atoms in total. The zero-order valence-corrected chi connectivity index (χ0v) is 14.7. The Labute approximate surface area is 144 Å². The van der Waals surface area contributed by atoms with Crippen molar-refractivity contribution in [3.8, 4) is 5.75 Å². The first-order chi connectivity index (χ1) is 11.6. The van der Waals surface area contributed by atoms with Crippen molar-refractivity contribution in [3.05, 3.63) is 59.7 Å². The van der Waals surface area contributed by atoms with Crippen molar-refractivity contribution in [1.29, 1.82) is 0 Å². The van der Waals surface area contributed by atoms with Gasteiger partial charge in [-0.15, -0.1) is 0 Å². The maximum Gasteiger partial charge on any atom is 0.239 e. The predicted molar refractivity (Wildman–Crippen MR) is 98.7 cm³/mol. The van der Waals surface area contributed by atoms with Crippen LogP contribution in [0.1, 0.15) is 18.1 Å². The second-order valence-electron chi connectivity index (χ2n) is 5.87. The Bertz CT molecular complexity index is 636. The number of hydrogen-bond acceptors (Lipinski definition) is 3. The molecule has 4 heteroatoms. The Morgan fingerprint density at radius 3 is 2.38 bits per heavy atom. The van der Waals surface area contributed by atoms with E-state index in [9.17, 15) is 4.79 Å². The monoisotopic (exact) mass is 326 g/mol. The minimum absolute atomic E-state index is 0.00710. The molecule has 128 valence electrons. The number of anilines is 1. The summed E-state index contributed by atoms with van der Waals surface area (Å²) in [4.78, 5) is 14.2. The smallest absolute Gasteiger partial charge is 0.239 e. The number of rotatable bonds is 8. The van der Waals surface area contributed by atoms with Gasteiger partial charge in [-0.05, 0) is 56.2 Å². The fourth-order valence-corrected chi connectivity index (χ4v) is 2.62. The number of aryl methyl sites for hydroxylation is 2. The number of benzene rings is 2. The Morgan fingerprint density at radius 2 is 1.75 bits per heavy atom. The predicted octanol–water partition coefficient (Wildman–Crippen LogP) is 3.32. The molecule has 1 amide bonds. The summed E-state index contributed by atoms with van der Waals surface area (Å²) in [5.74, 6) is 0.824. The lowest BCUT2D eigenvalue weighted by Crippen LogP contribution is -2.38. The first-order valence-electron chi connectivity index (χ1n) is 8.36. The van der Waals surface area contributed by atoms with Gasteiger partial charge in [0.05, 0.1) is 13.1 Å². The summed E-state index contributed by atoms with van der Waals surface area (Å²) in [5, 5.41) is 2.91. The lowest BCUT2D eigenvalue weighted by Gasteiger charge is -2.23. The highest BCUT2D eigenvalue weighted by atomic mass is 16.5. The second-order valence-corrected chi connectivity index (χ2v) is 5.87. The molecule has 0 spiro atoms. The van der Waals surface area contributed by atoms with E-state index in [0.717, 1.165) is 18.0 Å². The third kappa shape index (κ3) is 5.61. The Balaban J connectivity index is 1.79. The number of nitrogens with zero attached hydrogens (tertiary/aromatic N) is 1. The second kappa shape index (κ2) is 8.96. The number of amides is 1. The van der Waals surface area contributed by atoms with Crippen LogP contribution in [0.25, 0.3) is 0 Å². The van der Waals surface area contributed by atoms with E-state index in [4.69, 9.17) is 4.74 Å². The summed E-state index contributed by atoms with van der Waals surface area (Å²) >= 11 is 0. The van der Waals surface area contributed by atoms with Crippen LogP contribution in [0.3, 0.4) is 0 Å². The van der Waals surface area contributed by atoms with E-state index in [1.807, 2.05) is 30.3 Å². The number of likely N-dealkylation sites (N-methyl/N-ethyl adjacent to an activating group) is 1. The summed E-state index contributed by atoms with van der Waals surface area (Å²) in [7, 11) is 0. The quantitative estimate of drug-likeness (QED) is 0.757. The average Bonchev–Trinajstić information content (AvgIpc) is 2.56. The molecule has 0 aliphatic heterocycles. The van der Waals surface area contributed by atoms with E-state index in [0.29, 0.717) is 19.7 Å². The highest BCUT2D eigenvalue weighted by molar-refractivity contribution is 5.81. The molecule has 0 fully saturated rings. The fraction of sp³-hybridized carbons (Fsp3) is 0.350. The maximum absolute atomic E-state index is 12.2. The van der Waals surface area contributed by atoms with Gasteiger partial charge in [-0.3, -0.25) is 4.79 Å². The molecule has 0 aromatic heterocycles. The van der Waals surface area contributed by atoms with Gasteiger partial charge in [-0.1, -0.05) is 24.3 Å². The van der Waals surface area contributed by atoms with Gasteiger partial charge in [0.1, 0.15) is 12.4 Å². The summed E-state index contributed by atoms with van der Waals surface area (Å²) < 4.78 is 5.58. The van der Waals surface area contributed by atoms with E-state index in [2.05, 4.69) is 49.2 Å². The fourth-order valence-electron chi connectivity index (χ4n) is 2.62. The van der Waals surface area contributed by atoms with Crippen molar-refractivity contribution in [2.24, 2.45) is 0 Å². The first kappa shape index (κ1) is 17.9. The topological polar surface area (TPSA) is 41.6 Å². The number of ether oxygens (including phenoxy) is 1. The van der Waals surface area contributed by atoms with Gasteiger partial charge in [0.2, 0.25) is 5.91 Å². The molecule has 0 unspecified atom stereocenters. The largest absolute Gasteiger partial charge is 0.492 e. The maximum atomic E-state index is 12.2. The Kier molecular flexibility index (Phi) is 6.67. The van der Waals surface area contributed by atoms with Gasteiger partial charge >= 0.3 is 0 Å². The molecule has 2 aromatic rings. The zero-order valence-electron chi connectivity index (χ0n) is 14.7. The van der Waals surface area contributed by atoms with Crippen molar-refractivity contribution >= 4 is 11.6 Å². The van der Waals surface area contributed by atoms with Crippen molar-refractivity contribution in [3.63, 3.8) is 0 Å². The lowest BCUT2D eigenvalue weighted by molar-refractivity contribution is -0.119. The minimum Gasteiger partial charge on any atom is -0.492 e. The number of carbonyl (C=O) groups excluding carboxylic acids is 1. The van der Waals surface area contributed by atoms with Crippen LogP contribution in [0.15, 0.2) is 48.5 Å². The third-order valence-corrected chi connectivity index (χ3v) is 3.72. The highest BCUT2D eigenvalue weighted by Crippen LogP contribution is 2.18. The number of para-hydroxylation sites is 1. The van der Waals surface area contributed by atoms with Crippen LogP contribution in [0, 0.1) is 13.8 Å². The third-order valence-electron chi connectivity index (χ3n) is 3.72. The first-order valence-corrected chi connectivity index (χ1v) is 8.36. The molecule has 0 aliphatic carbocycles.